The van der Waals surface area contributed by atoms with Gasteiger partial charge in [-0.3, -0.25) is 0 Å². The maximum absolute atomic E-state index is 5.84. The minimum absolute atomic E-state index is 0.0112. The summed E-state index contributed by atoms with van der Waals surface area (Å²) in [4.78, 5) is 7.93. The number of hydrogen-bond acceptors (Lipinski definition) is 6. The fraction of sp³-hybridized carbons (Fsp3) is 0.600. The summed E-state index contributed by atoms with van der Waals surface area (Å²) in [5, 5.41) is 0. The molecule has 16 heavy (non-hydrogen) atoms. The van der Waals surface area contributed by atoms with Crippen LogP contribution in [0.1, 0.15) is 13.8 Å². The molecule has 0 atom stereocenters. The van der Waals surface area contributed by atoms with Crippen molar-refractivity contribution in [3.05, 3.63) is 6.33 Å². The van der Waals surface area contributed by atoms with E-state index in [0.717, 1.165) is 0 Å². The van der Waals surface area contributed by atoms with Crippen LogP contribution >= 0.6 is 0 Å². The van der Waals surface area contributed by atoms with Gasteiger partial charge in [0.05, 0.1) is 19.3 Å². The second-order valence-corrected chi connectivity index (χ2v) is 3.84. The Morgan fingerprint density at radius 2 is 2.06 bits per heavy atom. The number of anilines is 1. The van der Waals surface area contributed by atoms with Crippen molar-refractivity contribution in [3.63, 3.8) is 0 Å². The van der Waals surface area contributed by atoms with Gasteiger partial charge in [-0.2, -0.15) is 9.97 Å². The molecule has 0 amide bonds. The van der Waals surface area contributed by atoms with Gasteiger partial charge in [0.15, 0.2) is 5.69 Å². The van der Waals surface area contributed by atoms with E-state index in [2.05, 4.69) is 9.97 Å². The smallest absolute Gasteiger partial charge is 0.244 e. The fourth-order valence-corrected chi connectivity index (χ4v) is 1.22. The van der Waals surface area contributed by atoms with Gasteiger partial charge in [-0.15, -0.1) is 0 Å². The lowest BCUT2D eigenvalue weighted by Gasteiger charge is -2.26. The van der Waals surface area contributed by atoms with E-state index < -0.39 is 0 Å². The minimum Gasteiger partial charge on any atom is -0.473 e. The van der Waals surface area contributed by atoms with Crippen LogP contribution in [-0.2, 0) is 4.74 Å². The molecule has 2 N–H and O–H groups in total. The Bertz CT molecular complexity index is 366. The Labute approximate surface area is 93.7 Å². The summed E-state index contributed by atoms with van der Waals surface area (Å²) in [6.45, 7) is 4.96. The molecule has 1 aromatic heterocycles. The molecule has 1 aliphatic rings. The molecule has 0 bridgehead atoms. The van der Waals surface area contributed by atoms with E-state index in [4.69, 9.17) is 19.9 Å². The summed E-state index contributed by atoms with van der Waals surface area (Å²) >= 11 is 0. The number of hydrogen-bond donors (Lipinski definition) is 1. The molecule has 2 heterocycles. The first-order valence-corrected chi connectivity index (χ1v) is 5.18. The average Bonchev–Trinajstić information content (AvgIpc) is 2.16. The number of nitrogens with zero attached hydrogens (tertiary/aromatic N) is 2. The number of aromatic nitrogens is 2. The SMILES string of the molecule is CC(C)Oc1ncnc(OC2COC2)c1N. The molecular weight excluding hydrogens is 210 g/mol. The highest BCUT2D eigenvalue weighted by Crippen LogP contribution is 2.28. The van der Waals surface area contributed by atoms with E-state index in [0.29, 0.717) is 30.7 Å². The van der Waals surface area contributed by atoms with Gasteiger partial charge >= 0.3 is 0 Å². The third-order valence-corrected chi connectivity index (χ3v) is 2.04. The quantitative estimate of drug-likeness (QED) is 0.809. The third-order valence-electron chi connectivity index (χ3n) is 2.04. The second kappa shape index (κ2) is 4.52. The van der Waals surface area contributed by atoms with Crippen molar-refractivity contribution in [1.82, 2.24) is 9.97 Å². The van der Waals surface area contributed by atoms with Gasteiger partial charge in [-0.25, -0.2) is 0 Å². The van der Waals surface area contributed by atoms with E-state index in [1.807, 2.05) is 13.8 Å². The Balaban J connectivity index is 2.11. The van der Waals surface area contributed by atoms with E-state index in [9.17, 15) is 0 Å². The summed E-state index contributed by atoms with van der Waals surface area (Å²) < 4.78 is 16.0. The number of rotatable bonds is 4. The van der Waals surface area contributed by atoms with E-state index in [1.54, 1.807) is 0 Å². The normalized spacial score (nSPS) is 15.9. The molecule has 6 heteroatoms. The van der Waals surface area contributed by atoms with Gasteiger partial charge in [0.1, 0.15) is 12.4 Å². The lowest BCUT2D eigenvalue weighted by atomic mass is 10.3. The molecule has 0 saturated carbocycles. The molecule has 6 nitrogen and oxygen atoms in total. The maximum atomic E-state index is 5.84. The average molecular weight is 225 g/mol. The number of nitrogens with two attached hydrogens (primary N) is 1. The Morgan fingerprint density at radius 1 is 1.38 bits per heavy atom. The summed E-state index contributed by atoms with van der Waals surface area (Å²) in [6.07, 6.45) is 1.42. The first-order chi connectivity index (χ1) is 7.66. The van der Waals surface area contributed by atoms with Gasteiger partial charge in [0.25, 0.3) is 0 Å². The van der Waals surface area contributed by atoms with E-state index >= 15 is 0 Å². The zero-order valence-corrected chi connectivity index (χ0v) is 9.34. The molecule has 1 aromatic rings. The highest BCUT2D eigenvalue weighted by Gasteiger charge is 2.23. The first kappa shape index (κ1) is 10.9. The topological polar surface area (TPSA) is 79.5 Å². The third kappa shape index (κ3) is 2.33. The van der Waals surface area contributed by atoms with Crippen molar-refractivity contribution in [2.75, 3.05) is 18.9 Å². The highest BCUT2D eigenvalue weighted by atomic mass is 16.6. The molecule has 0 radical (unpaired) electrons. The van der Waals surface area contributed by atoms with Crippen molar-refractivity contribution in [2.45, 2.75) is 26.1 Å². The van der Waals surface area contributed by atoms with Gasteiger partial charge in [-0.1, -0.05) is 0 Å². The van der Waals surface area contributed by atoms with Crippen LogP contribution < -0.4 is 15.2 Å². The Kier molecular flexibility index (Phi) is 3.09. The highest BCUT2D eigenvalue weighted by molar-refractivity contribution is 5.55. The van der Waals surface area contributed by atoms with Gasteiger partial charge in [-0.05, 0) is 13.8 Å². The van der Waals surface area contributed by atoms with Crippen molar-refractivity contribution < 1.29 is 14.2 Å². The van der Waals surface area contributed by atoms with Crippen LogP contribution in [0.3, 0.4) is 0 Å². The summed E-state index contributed by atoms with van der Waals surface area (Å²) in [5.41, 5.74) is 6.18. The number of ether oxygens (including phenoxy) is 3. The molecule has 0 aromatic carbocycles. The van der Waals surface area contributed by atoms with Crippen LogP contribution in [0.25, 0.3) is 0 Å². The second-order valence-electron chi connectivity index (χ2n) is 3.84. The molecule has 0 spiro atoms. The van der Waals surface area contributed by atoms with Crippen LogP contribution in [0.15, 0.2) is 6.33 Å². The molecule has 1 fully saturated rings. The Hall–Kier alpha value is -1.56. The maximum Gasteiger partial charge on any atom is 0.244 e. The van der Waals surface area contributed by atoms with Gasteiger partial charge in [0.2, 0.25) is 11.8 Å². The summed E-state index contributed by atoms with van der Waals surface area (Å²) in [5.74, 6) is 0.721. The monoisotopic (exact) mass is 225 g/mol. The van der Waals surface area contributed by atoms with Crippen LogP contribution in [0, 0.1) is 0 Å². The minimum atomic E-state index is 0.0112. The van der Waals surface area contributed by atoms with Crippen LogP contribution in [-0.4, -0.2) is 35.4 Å². The van der Waals surface area contributed by atoms with Crippen molar-refractivity contribution >= 4 is 5.69 Å². The predicted octanol–water partition coefficient (Wildman–Crippen LogP) is 0.624. The van der Waals surface area contributed by atoms with Crippen molar-refractivity contribution in [2.24, 2.45) is 0 Å². The zero-order chi connectivity index (χ0) is 11.5. The van der Waals surface area contributed by atoms with Gasteiger partial charge < -0.3 is 19.9 Å². The molecular formula is C10H15N3O3. The first-order valence-electron chi connectivity index (χ1n) is 5.18. The summed E-state index contributed by atoms with van der Waals surface area (Å²) in [6, 6.07) is 0. The van der Waals surface area contributed by atoms with Crippen LogP contribution in [0.2, 0.25) is 0 Å². The standard InChI is InChI=1S/C10H15N3O3/c1-6(2)15-9-8(11)10(13-5-12-9)16-7-3-14-4-7/h5-7H,3-4,11H2,1-2H3. The molecule has 0 aliphatic carbocycles. The van der Waals surface area contributed by atoms with E-state index in [-0.39, 0.29) is 12.2 Å². The zero-order valence-electron chi connectivity index (χ0n) is 9.34. The molecule has 1 aliphatic heterocycles. The lowest BCUT2D eigenvalue weighted by Crippen LogP contribution is -2.39. The van der Waals surface area contributed by atoms with Gasteiger partial charge in [0, 0.05) is 0 Å². The molecule has 88 valence electrons. The van der Waals surface area contributed by atoms with Crippen molar-refractivity contribution in [1.29, 1.82) is 0 Å². The molecule has 1 saturated heterocycles. The van der Waals surface area contributed by atoms with E-state index in [1.165, 1.54) is 6.33 Å². The Morgan fingerprint density at radius 3 is 2.62 bits per heavy atom. The predicted molar refractivity (Wildman–Crippen MR) is 57.4 cm³/mol. The summed E-state index contributed by atoms with van der Waals surface area (Å²) in [7, 11) is 0. The molecule has 2 rings (SSSR count). The van der Waals surface area contributed by atoms with Crippen molar-refractivity contribution in [3.8, 4) is 11.8 Å². The van der Waals surface area contributed by atoms with Crippen LogP contribution in [0.5, 0.6) is 11.8 Å². The number of nitrogen functional groups attached to an aromatic ring is 1. The van der Waals surface area contributed by atoms with Crippen LogP contribution in [0.4, 0.5) is 5.69 Å². The lowest BCUT2D eigenvalue weighted by molar-refractivity contribution is -0.0811. The fourth-order valence-electron chi connectivity index (χ4n) is 1.22. The largest absolute Gasteiger partial charge is 0.473 e. The molecule has 0 unspecified atom stereocenters.